The molecular weight excluding hydrogens is 254 g/mol. The summed E-state index contributed by atoms with van der Waals surface area (Å²) in [4.78, 5) is 0. The van der Waals surface area contributed by atoms with Crippen LogP contribution in [0.2, 0.25) is 0 Å². The van der Waals surface area contributed by atoms with E-state index in [0.29, 0.717) is 18.3 Å². The van der Waals surface area contributed by atoms with Crippen LogP contribution in [0.5, 0.6) is 11.5 Å². The Morgan fingerprint density at radius 3 is 2.55 bits per heavy atom. The van der Waals surface area contributed by atoms with E-state index in [1.54, 1.807) is 20.5 Å². The van der Waals surface area contributed by atoms with Gasteiger partial charge in [-0.15, -0.1) is 0 Å². The summed E-state index contributed by atoms with van der Waals surface area (Å²) in [5.41, 5.74) is 2.00. The number of methoxy groups -OCH3 is 2. The van der Waals surface area contributed by atoms with Crippen LogP contribution in [0.1, 0.15) is 19.6 Å². The molecule has 1 aromatic carbocycles. The highest BCUT2D eigenvalue weighted by Crippen LogP contribution is 2.39. The molecule has 4 nitrogen and oxygen atoms in total. The Bertz CT molecular complexity index is 561. The number of furan rings is 1. The molecule has 1 aromatic heterocycles. The number of hydrogen-bond acceptors (Lipinski definition) is 4. The molecule has 0 radical (unpaired) electrons. The standard InChI is InChI=1S/C16H21NO3/c1-11(2)17-10-15-12(8-9-20-15)13-6-5-7-14(18-3)16(13)19-4/h5-9,11,17H,10H2,1-4H3. The van der Waals surface area contributed by atoms with Gasteiger partial charge in [0.15, 0.2) is 11.5 Å². The van der Waals surface area contributed by atoms with Gasteiger partial charge in [-0.3, -0.25) is 0 Å². The highest BCUT2D eigenvalue weighted by Gasteiger charge is 2.16. The maximum atomic E-state index is 5.58. The molecule has 0 bridgehead atoms. The second-order valence-electron chi connectivity index (χ2n) is 4.83. The summed E-state index contributed by atoms with van der Waals surface area (Å²) in [6.45, 7) is 4.89. The van der Waals surface area contributed by atoms with Crippen LogP contribution in [0.4, 0.5) is 0 Å². The van der Waals surface area contributed by atoms with Gasteiger partial charge in [0, 0.05) is 17.2 Å². The smallest absolute Gasteiger partial charge is 0.168 e. The Labute approximate surface area is 119 Å². The van der Waals surface area contributed by atoms with E-state index in [1.807, 2.05) is 24.3 Å². The van der Waals surface area contributed by atoms with Gasteiger partial charge in [-0.1, -0.05) is 26.0 Å². The molecule has 0 spiro atoms. The Hall–Kier alpha value is -1.94. The van der Waals surface area contributed by atoms with E-state index in [9.17, 15) is 0 Å². The molecule has 0 unspecified atom stereocenters. The lowest BCUT2D eigenvalue weighted by atomic mass is 10.0. The molecule has 0 amide bonds. The topological polar surface area (TPSA) is 43.6 Å². The molecule has 20 heavy (non-hydrogen) atoms. The van der Waals surface area contributed by atoms with Gasteiger partial charge in [-0.05, 0) is 12.1 Å². The highest BCUT2D eigenvalue weighted by molar-refractivity contribution is 5.75. The summed E-state index contributed by atoms with van der Waals surface area (Å²) in [5, 5.41) is 3.36. The molecule has 0 saturated carbocycles. The predicted octanol–water partition coefficient (Wildman–Crippen LogP) is 3.46. The van der Waals surface area contributed by atoms with Crippen LogP contribution in [0.3, 0.4) is 0 Å². The molecule has 0 aliphatic carbocycles. The summed E-state index contributed by atoms with van der Waals surface area (Å²) in [5.74, 6) is 2.33. The number of para-hydroxylation sites is 1. The summed E-state index contributed by atoms with van der Waals surface area (Å²) in [7, 11) is 3.28. The lowest BCUT2D eigenvalue weighted by molar-refractivity contribution is 0.356. The van der Waals surface area contributed by atoms with E-state index in [-0.39, 0.29) is 0 Å². The molecule has 1 heterocycles. The molecule has 2 rings (SSSR count). The minimum absolute atomic E-state index is 0.403. The molecule has 0 aliphatic heterocycles. The van der Waals surface area contributed by atoms with Crippen LogP contribution in [0, 0.1) is 0 Å². The van der Waals surface area contributed by atoms with E-state index >= 15 is 0 Å². The van der Waals surface area contributed by atoms with Crippen molar-refractivity contribution < 1.29 is 13.9 Å². The van der Waals surface area contributed by atoms with Crippen molar-refractivity contribution in [1.29, 1.82) is 0 Å². The maximum Gasteiger partial charge on any atom is 0.168 e. The SMILES string of the molecule is COc1cccc(-c2ccoc2CNC(C)C)c1OC. The van der Waals surface area contributed by atoms with Crippen LogP contribution >= 0.6 is 0 Å². The van der Waals surface area contributed by atoms with Crippen molar-refractivity contribution in [3.63, 3.8) is 0 Å². The van der Waals surface area contributed by atoms with Gasteiger partial charge in [0.2, 0.25) is 0 Å². The van der Waals surface area contributed by atoms with Crippen molar-refractivity contribution in [2.45, 2.75) is 26.4 Å². The first-order chi connectivity index (χ1) is 9.67. The van der Waals surface area contributed by atoms with Crippen LogP contribution < -0.4 is 14.8 Å². The number of benzene rings is 1. The molecule has 2 aromatic rings. The molecule has 0 atom stereocenters. The fourth-order valence-electron chi connectivity index (χ4n) is 2.11. The monoisotopic (exact) mass is 275 g/mol. The summed E-state index contributed by atoms with van der Waals surface area (Å²) in [6, 6.07) is 8.19. The average Bonchev–Trinajstić information content (AvgIpc) is 2.92. The lowest BCUT2D eigenvalue weighted by Gasteiger charge is -2.13. The van der Waals surface area contributed by atoms with Gasteiger partial charge in [-0.25, -0.2) is 0 Å². The lowest BCUT2D eigenvalue weighted by Crippen LogP contribution is -2.21. The highest BCUT2D eigenvalue weighted by atomic mass is 16.5. The zero-order valence-electron chi connectivity index (χ0n) is 12.4. The molecule has 1 N–H and O–H groups in total. The van der Waals surface area contributed by atoms with Crippen LogP contribution in [0.15, 0.2) is 34.9 Å². The van der Waals surface area contributed by atoms with E-state index < -0.39 is 0 Å². The predicted molar refractivity (Wildman–Crippen MR) is 79.2 cm³/mol. The summed E-state index contributed by atoms with van der Waals surface area (Å²) in [6.07, 6.45) is 1.70. The normalized spacial score (nSPS) is 10.8. The summed E-state index contributed by atoms with van der Waals surface area (Å²) < 4.78 is 16.4. The minimum atomic E-state index is 0.403. The second-order valence-corrected chi connectivity index (χ2v) is 4.83. The van der Waals surface area contributed by atoms with E-state index in [2.05, 4.69) is 19.2 Å². The summed E-state index contributed by atoms with van der Waals surface area (Å²) >= 11 is 0. The number of nitrogens with one attached hydrogen (secondary N) is 1. The third-order valence-corrected chi connectivity index (χ3v) is 3.11. The third-order valence-electron chi connectivity index (χ3n) is 3.11. The Balaban J connectivity index is 2.39. The van der Waals surface area contributed by atoms with Crippen molar-refractivity contribution in [2.75, 3.05) is 14.2 Å². The zero-order valence-corrected chi connectivity index (χ0v) is 12.4. The average molecular weight is 275 g/mol. The largest absolute Gasteiger partial charge is 0.493 e. The zero-order chi connectivity index (χ0) is 14.5. The minimum Gasteiger partial charge on any atom is -0.493 e. The fraction of sp³-hybridized carbons (Fsp3) is 0.375. The number of hydrogen-bond donors (Lipinski definition) is 1. The van der Waals surface area contributed by atoms with Crippen LogP contribution in [0.25, 0.3) is 11.1 Å². The third kappa shape index (κ3) is 2.96. The van der Waals surface area contributed by atoms with Crippen LogP contribution in [-0.2, 0) is 6.54 Å². The van der Waals surface area contributed by atoms with Gasteiger partial charge >= 0.3 is 0 Å². The Kier molecular flexibility index (Phi) is 4.69. The molecular formula is C16H21NO3. The van der Waals surface area contributed by atoms with Crippen molar-refractivity contribution in [2.24, 2.45) is 0 Å². The van der Waals surface area contributed by atoms with Gasteiger partial charge in [0.1, 0.15) is 5.76 Å². The van der Waals surface area contributed by atoms with E-state index in [4.69, 9.17) is 13.9 Å². The second kappa shape index (κ2) is 6.48. The Morgan fingerprint density at radius 1 is 1.10 bits per heavy atom. The van der Waals surface area contributed by atoms with Crippen molar-refractivity contribution in [1.82, 2.24) is 5.32 Å². The van der Waals surface area contributed by atoms with Crippen molar-refractivity contribution in [3.05, 3.63) is 36.3 Å². The number of ether oxygens (including phenoxy) is 2. The van der Waals surface area contributed by atoms with Gasteiger partial charge in [-0.2, -0.15) is 0 Å². The first kappa shape index (κ1) is 14.5. The fourth-order valence-corrected chi connectivity index (χ4v) is 2.11. The van der Waals surface area contributed by atoms with Gasteiger partial charge < -0.3 is 19.2 Å². The quantitative estimate of drug-likeness (QED) is 0.876. The van der Waals surface area contributed by atoms with Crippen molar-refractivity contribution in [3.8, 4) is 22.6 Å². The molecule has 108 valence electrons. The molecule has 4 heteroatoms. The maximum absolute atomic E-state index is 5.58. The first-order valence-corrected chi connectivity index (χ1v) is 6.68. The van der Waals surface area contributed by atoms with E-state index in [1.165, 1.54) is 0 Å². The first-order valence-electron chi connectivity index (χ1n) is 6.68. The molecule has 0 saturated heterocycles. The molecule has 0 fully saturated rings. The van der Waals surface area contributed by atoms with E-state index in [0.717, 1.165) is 22.6 Å². The molecule has 0 aliphatic rings. The Morgan fingerprint density at radius 2 is 1.90 bits per heavy atom. The van der Waals surface area contributed by atoms with Crippen molar-refractivity contribution >= 4 is 0 Å². The van der Waals surface area contributed by atoms with Crippen LogP contribution in [-0.4, -0.2) is 20.3 Å². The van der Waals surface area contributed by atoms with Gasteiger partial charge in [0.05, 0.1) is 27.0 Å². The number of rotatable bonds is 6. The van der Waals surface area contributed by atoms with Gasteiger partial charge in [0.25, 0.3) is 0 Å².